The molecule has 0 bridgehead atoms. The van der Waals surface area contributed by atoms with Gasteiger partial charge in [0, 0.05) is 10.2 Å². The lowest BCUT2D eigenvalue weighted by Gasteiger charge is -2.13. The van der Waals surface area contributed by atoms with Gasteiger partial charge in [0.2, 0.25) is 0 Å². The highest BCUT2D eigenvalue weighted by molar-refractivity contribution is 9.10. The largest absolute Gasteiger partial charge is 0.398 e. The number of anilines is 3. The maximum Gasteiger partial charge on any atom is 0.0656 e. The summed E-state index contributed by atoms with van der Waals surface area (Å²) in [7, 11) is 0. The summed E-state index contributed by atoms with van der Waals surface area (Å²) in [6.07, 6.45) is 0. The number of aryl methyl sites for hydroxylation is 1. The predicted molar refractivity (Wildman–Crippen MR) is 83.0 cm³/mol. The van der Waals surface area contributed by atoms with Gasteiger partial charge in [0.25, 0.3) is 0 Å². The van der Waals surface area contributed by atoms with Crippen LogP contribution in [0.25, 0.3) is 0 Å². The molecule has 2 aromatic rings. The maximum absolute atomic E-state index is 6.13. The normalized spacial score (nSPS) is 10.4. The zero-order chi connectivity index (χ0) is 13.3. The molecule has 94 valence electrons. The number of benzene rings is 2. The van der Waals surface area contributed by atoms with Crippen LogP contribution in [0, 0.1) is 6.92 Å². The quantitative estimate of drug-likeness (QED) is 0.716. The van der Waals surface area contributed by atoms with E-state index in [1.165, 1.54) is 0 Å². The Kier molecular flexibility index (Phi) is 4.05. The summed E-state index contributed by atoms with van der Waals surface area (Å²) in [5.41, 5.74) is 9.02. The summed E-state index contributed by atoms with van der Waals surface area (Å²) in [5.74, 6) is 0. The van der Waals surface area contributed by atoms with Crippen molar-refractivity contribution in [2.24, 2.45) is 0 Å². The van der Waals surface area contributed by atoms with E-state index in [9.17, 15) is 0 Å². The van der Waals surface area contributed by atoms with Crippen LogP contribution in [0.5, 0.6) is 0 Å². The van der Waals surface area contributed by atoms with E-state index < -0.39 is 0 Å². The first kappa shape index (κ1) is 13.5. The molecule has 18 heavy (non-hydrogen) atoms. The molecule has 2 aromatic carbocycles. The van der Waals surface area contributed by atoms with E-state index in [-0.39, 0.29) is 0 Å². The van der Waals surface area contributed by atoms with E-state index in [1.807, 2.05) is 31.2 Å². The van der Waals surface area contributed by atoms with E-state index in [0.29, 0.717) is 15.7 Å². The van der Waals surface area contributed by atoms with E-state index in [1.54, 1.807) is 6.07 Å². The first-order chi connectivity index (χ1) is 8.47. The van der Waals surface area contributed by atoms with Crippen molar-refractivity contribution in [3.8, 4) is 0 Å². The van der Waals surface area contributed by atoms with Gasteiger partial charge in [-0.2, -0.15) is 0 Å². The topological polar surface area (TPSA) is 38.0 Å². The molecule has 2 nitrogen and oxygen atoms in total. The second kappa shape index (κ2) is 5.39. The van der Waals surface area contributed by atoms with Crippen LogP contribution in [0.3, 0.4) is 0 Å². The lowest BCUT2D eigenvalue weighted by molar-refractivity contribution is 1.43. The molecule has 0 aromatic heterocycles. The molecule has 2 rings (SSSR count). The summed E-state index contributed by atoms with van der Waals surface area (Å²) < 4.78 is 0.952. The van der Waals surface area contributed by atoms with E-state index in [2.05, 4.69) is 21.2 Å². The van der Waals surface area contributed by atoms with Gasteiger partial charge >= 0.3 is 0 Å². The summed E-state index contributed by atoms with van der Waals surface area (Å²) in [6.45, 7) is 1.96. The van der Waals surface area contributed by atoms with Crippen molar-refractivity contribution >= 4 is 56.2 Å². The van der Waals surface area contributed by atoms with Gasteiger partial charge in [-0.25, -0.2) is 0 Å². The highest BCUT2D eigenvalue weighted by Gasteiger charge is 2.06. The minimum Gasteiger partial charge on any atom is -0.398 e. The van der Waals surface area contributed by atoms with Crippen LogP contribution in [0.15, 0.2) is 34.8 Å². The van der Waals surface area contributed by atoms with Crippen LogP contribution in [0.4, 0.5) is 17.1 Å². The third-order valence-electron chi connectivity index (χ3n) is 2.54. The molecule has 0 heterocycles. The standard InChI is InChI=1S/C13H11BrCl2N2/c1-7-4-11(17)10(16)6-12(7)18-13-5-8(14)2-3-9(13)15/h2-6,18H,17H2,1H3. The average molecular weight is 346 g/mol. The first-order valence-corrected chi connectivity index (χ1v) is 6.80. The van der Waals surface area contributed by atoms with Gasteiger partial charge in [0.15, 0.2) is 0 Å². The molecule has 5 heteroatoms. The Labute approximate surface area is 124 Å². The number of nitrogens with two attached hydrogens (primary N) is 1. The second-order valence-electron chi connectivity index (χ2n) is 3.94. The third kappa shape index (κ3) is 2.91. The number of nitrogens with one attached hydrogen (secondary N) is 1. The van der Waals surface area contributed by atoms with Crippen molar-refractivity contribution in [2.75, 3.05) is 11.1 Å². The minimum atomic E-state index is 0.522. The van der Waals surface area contributed by atoms with Gasteiger partial charge < -0.3 is 11.1 Å². The van der Waals surface area contributed by atoms with Gasteiger partial charge in [0.1, 0.15) is 0 Å². The van der Waals surface area contributed by atoms with Crippen LogP contribution in [-0.2, 0) is 0 Å². The molecule has 0 unspecified atom stereocenters. The number of halogens is 3. The highest BCUT2D eigenvalue weighted by atomic mass is 79.9. The molecular formula is C13H11BrCl2N2. The fraction of sp³-hybridized carbons (Fsp3) is 0.0769. The molecule has 0 aliphatic carbocycles. The Morgan fingerprint density at radius 2 is 1.78 bits per heavy atom. The van der Waals surface area contributed by atoms with Crippen LogP contribution in [0.1, 0.15) is 5.56 Å². The van der Waals surface area contributed by atoms with Crippen LogP contribution < -0.4 is 11.1 Å². The summed E-state index contributed by atoms with van der Waals surface area (Å²) >= 11 is 15.6. The third-order valence-corrected chi connectivity index (χ3v) is 3.69. The maximum atomic E-state index is 6.13. The van der Waals surface area contributed by atoms with Crippen molar-refractivity contribution in [3.05, 3.63) is 50.4 Å². The Hall–Kier alpha value is -0.900. The summed E-state index contributed by atoms with van der Waals surface area (Å²) in [4.78, 5) is 0. The van der Waals surface area contributed by atoms with E-state index in [4.69, 9.17) is 28.9 Å². The Bertz CT molecular complexity index is 600. The Morgan fingerprint density at radius 3 is 2.50 bits per heavy atom. The summed E-state index contributed by atoms with van der Waals surface area (Å²) in [5, 5.41) is 4.41. The van der Waals surface area contributed by atoms with Gasteiger partial charge in [-0.05, 0) is 42.8 Å². The average Bonchev–Trinajstić information content (AvgIpc) is 2.30. The molecule has 0 spiro atoms. The van der Waals surface area contributed by atoms with Gasteiger partial charge in [0.05, 0.1) is 21.4 Å². The SMILES string of the molecule is Cc1cc(N)c(Cl)cc1Nc1cc(Br)ccc1Cl. The number of nitrogen functional groups attached to an aromatic ring is 1. The van der Waals surface area contributed by atoms with Crippen LogP contribution >= 0.6 is 39.1 Å². The Morgan fingerprint density at radius 1 is 1.06 bits per heavy atom. The first-order valence-electron chi connectivity index (χ1n) is 5.25. The number of rotatable bonds is 2. The van der Waals surface area contributed by atoms with Gasteiger partial charge in [-0.15, -0.1) is 0 Å². The molecule has 0 radical (unpaired) electrons. The zero-order valence-corrected chi connectivity index (χ0v) is 12.7. The van der Waals surface area contributed by atoms with Crippen LogP contribution in [0.2, 0.25) is 10.0 Å². The van der Waals surface area contributed by atoms with Crippen molar-refractivity contribution in [1.29, 1.82) is 0 Å². The van der Waals surface area contributed by atoms with E-state index in [0.717, 1.165) is 21.4 Å². The molecule has 0 atom stereocenters. The molecule has 0 saturated heterocycles. The Balaban J connectivity index is 2.40. The van der Waals surface area contributed by atoms with E-state index >= 15 is 0 Å². The van der Waals surface area contributed by atoms with Gasteiger partial charge in [-0.3, -0.25) is 0 Å². The van der Waals surface area contributed by atoms with Crippen molar-refractivity contribution in [3.63, 3.8) is 0 Å². The van der Waals surface area contributed by atoms with Crippen molar-refractivity contribution < 1.29 is 0 Å². The number of hydrogen-bond donors (Lipinski definition) is 2. The minimum absolute atomic E-state index is 0.522. The molecule has 3 N–H and O–H groups in total. The highest BCUT2D eigenvalue weighted by Crippen LogP contribution is 2.32. The molecular weight excluding hydrogens is 335 g/mol. The molecule has 0 amide bonds. The fourth-order valence-corrected chi connectivity index (χ4v) is 2.27. The molecule has 0 saturated carbocycles. The fourth-order valence-electron chi connectivity index (χ4n) is 1.58. The zero-order valence-electron chi connectivity index (χ0n) is 9.60. The molecule has 0 aliphatic heterocycles. The molecule has 0 fully saturated rings. The van der Waals surface area contributed by atoms with Crippen molar-refractivity contribution in [2.45, 2.75) is 6.92 Å². The molecule has 0 aliphatic rings. The number of hydrogen-bond acceptors (Lipinski definition) is 2. The smallest absolute Gasteiger partial charge is 0.0656 e. The van der Waals surface area contributed by atoms with Crippen LogP contribution in [-0.4, -0.2) is 0 Å². The lowest BCUT2D eigenvalue weighted by Crippen LogP contribution is -1.96. The lowest BCUT2D eigenvalue weighted by atomic mass is 10.1. The van der Waals surface area contributed by atoms with Crippen molar-refractivity contribution in [1.82, 2.24) is 0 Å². The summed E-state index contributed by atoms with van der Waals surface area (Å²) in [6, 6.07) is 9.24. The predicted octanol–water partition coefficient (Wildman–Crippen LogP) is 5.39. The second-order valence-corrected chi connectivity index (χ2v) is 5.67. The monoisotopic (exact) mass is 344 g/mol. The van der Waals surface area contributed by atoms with Gasteiger partial charge in [-0.1, -0.05) is 39.1 Å².